The Balaban J connectivity index is 1.33. The Morgan fingerprint density at radius 3 is 2.47 bits per heavy atom. The second-order valence-electron chi connectivity index (χ2n) is 11.3. The van der Waals surface area contributed by atoms with Gasteiger partial charge in [-0.15, -0.1) is 0 Å². The summed E-state index contributed by atoms with van der Waals surface area (Å²) in [5.74, 6) is 1.12. The minimum absolute atomic E-state index is 0.0331. The molecule has 2 aliphatic heterocycles. The maximum Gasteiger partial charge on any atom is 0.410 e. The molecule has 5 heterocycles. The number of imidazole rings is 1. The number of nitrogens with one attached hydrogen (secondary N) is 1. The fraction of sp³-hybridized carbons (Fsp3) is 0.519. The lowest BCUT2D eigenvalue weighted by Crippen LogP contribution is -2.59. The van der Waals surface area contributed by atoms with Gasteiger partial charge in [0.05, 0.1) is 29.7 Å². The molecule has 1 N–H and O–H groups in total. The van der Waals surface area contributed by atoms with Gasteiger partial charge >= 0.3 is 12.1 Å². The Kier molecular flexibility index (Phi) is 6.40. The summed E-state index contributed by atoms with van der Waals surface area (Å²) in [7, 11) is 0. The predicted octanol–water partition coefficient (Wildman–Crippen LogP) is 4.17. The van der Waals surface area contributed by atoms with Crippen LogP contribution in [0.1, 0.15) is 51.6 Å². The summed E-state index contributed by atoms with van der Waals surface area (Å²) in [5, 5.41) is 2.93. The van der Waals surface area contributed by atoms with Crippen LogP contribution < -0.4 is 15.1 Å². The normalized spacial score (nSPS) is 19.6. The van der Waals surface area contributed by atoms with Crippen molar-refractivity contribution in [1.29, 1.82) is 0 Å². The van der Waals surface area contributed by atoms with Crippen molar-refractivity contribution in [2.45, 2.75) is 72.6 Å². The lowest BCUT2D eigenvalue weighted by atomic mass is 10.1. The molecule has 0 unspecified atom stereocenters. The van der Waals surface area contributed by atoms with Gasteiger partial charge in [0.25, 0.3) is 0 Å². The summed E-state index contributed by atoms with van der Waals surface area (Å²) in [6.45, 7) is 15.4. The predicted molar refractivity (Wildman–Crippen MR) is 146 cm³/mol. The van der Waals surface area contributed by atoms with Crippen LogP contribution >= 0.6 is 0 Å². The minimum atomic E-state index is -0.540. The highest BCUT2D eigenvalue weighted by Crippen LogP contribution is 2.36. The van der Waals surface area contributed by atoms with Gasteiger partial charge in [-0.2, -0.15) is 0 Å². The van der Waals surface area contributed by atoms with Gasteiger partial charge in [0.15, 0.2) is 11.5 Å². The van der Waals surface area contributed by atoms with E-state index >= 15 is 0 Å². The number of urea groups is 1. The molecule has 0 aliphatic carbocycles. The van der Waals surface area contributed by atoms with Crippen LogP contribution in [0.15, 0.2) is 24.7 Å². The minimum Gasteiger partial charge on any atom is -0.444 e. The number of carbonyl (C=O) groups is 2. The molecule has 1 fully saturated rings. The maximum atomic E-state index is 13.3. The molecule has 0 aromatic carbocycles. The molecule has 0 radical (unpaired) electrons. The number of pyridine rings is 1. The highest BCUT2D eigenvalue weighted by molar-refractivity contribution is 6.02. The molecule has 0 saturated carbocycles. The Bertz CT molecular complexity index is 1380. The average Bonchev–Trinajstić information content (AvgIpc) is 3.40. The number of ether oxygens (including phenoxy) is 1. The molecule has 3 amide bonds. The third-order valence-electron chi connectivity index (χ3n) is 6.92. The molecular weight excluding hydrogens is 484 g/mol. The molecule has 0 bridgehead atoms. The third-order valence-corrected chi connectivity index (χ3v) is 6.92. The summed E-state index contributed by atoms with van der Waals surface area (Å²) in [5.41, 5.74) is 3.95. The van der Waals surface area contributed by atoms with E-state index in [2.05, 4.69) is 25.2 Å². The molecular formula is C27H36N8O3. The summed E-state index contributed by atoms with van der Waals surface area (Å²) in [6, 6.07) is 1.67. The molecule has 11 nitrogen and oxygen atoms in total. The number of fused-ring (bicyclic) bond motifs is 2. The van der Waals surface area contributed by atoms with Crippen LogP contribution in [0.25, 0.3) is 5.65 Å². The largest absolute Gasteiger partial charge is 0.444 e. The van der Waals surface area contributed by atoms with Crippen molar-refractivity contribution >= 4 is 35.1 Å². The van der Waals surface area contributed by atoms with Crippen molar-refractivity contribution < 1.29 is 14.3 Å². The van der Waals surface area contributed by atoms with Gasteiger partial charge in [0.1, 0.15) is 11.4 Å². The SMILES string of the molecule is Cc1cn2cc(NC(=O)N3CCc4c(N5C[C@@H](C)N(C(=O)OC(C)(C)C)[C@@H](C)C5)ccnc43)nc(C)c2n1. The first-order valence-corrected chi connectivity index (χ1v) is 13.1. The molecule has 38 heavy (non-hydrogen) atoms. The van der Waals surface area contributed by atoms with E-state index in [0.717, 1.165) is 28.3 Å². The van der Waals surface area contributed by atoms with Gasteiger partial charge in [-0.05, 0) is 61.0 Å². The topological polar surface area (TPSA) is 108 Å². The van der Waals surface area contributed by atoms with Crippen LogP contribution in [0.2, 0.25) is 0 Å². The monoisotopic (exact) mass is 520 g/mol. The number of carbonyl (C=O) groups excluding carboxylic acids is 2. The summed E-state index contributed by atoms with van der Waals surface area (Å²) >= 11 is 0. The van der Waals surface area contributed by atoms with Gasteiger partial charge < -0.3 is 14.0 Å². The summed E-state index contributed by atoms with van der Waals surface area (Å²) < 4.78 is 7.53. The van der Waals surface area contributed by atoms with Gasteiger partial charge in [-0.25, -0.2) is 24.5 Å². The van der Waals surface area contributed by atoms with Crippen LogP contribution in [0, 0.1) is 13.8 Å². The Morgan fingerprint density at radius 2 is 1.79 bits per heavy atom. The standard InChI is InChI=1S/C27H36N8O3/c1-16-12-33-15-22(30-19(4)23(33)29-16)31-25(36)34-11-9-20-21(8-10-28-24(20)34)32-13-17(2)35(18(3)14-32)26(37)38-27(5,6)7/h8,10,12,15,17-18H,9,11,13-14H2,1-7H3,(H,31,36)/t17-,18+. The van der Waals surface area contributed by atoms with Gasteiger partial charge in [0.2, 0.25) is 0 Å². The van der Waals surface area contributed by atoms with Crippen LogP contribution in [0.5, 0.6) is 0 Å². The number of nitrogens with zero attached hydrogens (tertiary/aromatic N) is 7. The molecule has 3 aromatic rings. The summed E-state index contributed by atoms with van der Waals surface area (Å²) in [4.78, 5) is 45.5. The molecule has 11 heteroatoms. The van der Waals surface area contributed by atoms with E-state index in [9.17, 15) is 9.59 Å². The molecule has 3 aromatic heterocycles. The second-order valence-corrected chi connectivity index (χ2v) is 11.3. The van der Waals surface area contributed by atoms with Crippen LogP contribution in [-0.2, 0) is 11.2 Å². The molecule has 202 valence electrons. The van der Waals surface area contributed by atoms with E-state index in [-0.39, 0.29) is 24.2 Å². The Labute approximate surface area is 222 Å². The summed E-state index contributed by atoms with van der Waals surface area (Å²) in [6.07, 6.45) is 5.84. The molecule has 5 rings (SSSR count). The third kappa shape index (κ3) is 4.84. The molecule has 0 spiro atoms. The number of piperazine rings is 1. The van der Waals surface area contributed by atoms with Crippen LogP contribution in [0.4, 0.5) is 26.9 Å². The number of aryl methyl sites for hydroxylation is 2. The van der Waals surface area contributed by atoms with Crippen LogP contribution in [0.3, 0.4) is 0 Å². The number of amides is 3. The van der Waals surface area contributed by atoms with Crippen molar-refractivity contribution in [2.24, 2.45) is 0 Å². The number of hydrogen-bond acceptors (Lipinski definition) is 7. The first kappa shape index (κ1) is 25.7. The first-order chi connectivity index (χ1) is 17.9. The highest BCUT2D eigenvalue weighted by Gasteiger charge is 2.37. The zero-order chi connectivity index (χ0) is 27.4. The van der Waals surface area contributed by atoms with Crippen molar-refractivity contribution in [1.82, 2.24) is 24.3 Å². The van der Waals surface area contributed by atoms with E-state index < -0.39 is 5.60 Å². The van der Waals surface area contributed by atoms with Gasteiger partial charge in [-0.1, -0.05) is 0 Å². The average molecular weight is 521 g/mol. The van der Waals surface area contributed by atoms with E-state index in [1.54, 1.807) is 17.3 Å². The smallest absolute Gasteiger partial charge is 0.410 e. The molecule has 2 atom stereocenters. The zero-order valence-corrected chi connectivity index (χ0v) is 23.1. The van der Waals surface area contributed by atoms with E-state index in [1.807, 2.05) is 70.0 Å². The lowest BCUT2D eigenvalue weighted by molar-refractivity contribution is 0.00565. The van der Waals surface area contributed by atoms with Crippen molar-refractivity contribution in [3.05, 3.63) is 41.6 Å². The fourth-order valence-corrected chi connectivity index (χ4v) is 5.47. The zero-order valence-electron chi connectivity index (χ0n) is 23.1. The van der Waals surface area contributed by atoms with Crippen molar-refractivity contribution in [2.75, 3.05) is 34.8 Å². The quantitative estimate of drug-likeness (QED) is 0.540. The van der Waals surface area contributed by atoms with Crippen LogP contribution in [-0.4, -0.2) is 73.7 Å². The highest BCUT2D eigenvalue weighted by atomic mass is 16.6. The van der Waals surface area contributed by atoms with Gasteiger partial charge in [-0.3, -0.25) is 15.1 Å². The fourth-order valence-electron chi connectivity index (χ4n) is 5.47. The Morgan fingerprint density at radius 1 is 1.08 bits per heavy atom. The van der Waals surface area contributed by atoms with E-state index in [0.29, 0.717) is 37.7 Å². The van der Waals surface area contributed by atoms with Crippen molar-refractivity contribution in [3.8, 4) is 0 Å². The Hall–Kier alpha value is -3.89. The van der Waals surface area contributed by atoms with E-state index in [4.69, 9.17) is 4.74 Å². The molecule has 1 saturated heterocycles. The number of anilines is 3. The maximum absolute atomic E-state index is 13.3. The van der Waals surface area contributed by atoms with Gasteiger partial charge in [0, 0.05) is 43.3 Å². The van der Waals surface area contributed by atoms with Crippen molar-refractivity contribution in [3.63, 3.8) is 0 Å². The number of hydrogen-bond donors (Lipinski definition) is 1. The second kappa shape index (κ2) is 9.45. The molecule has 2 aliphatic rings. The lowest BCUT2D eigenvalue weighted by Gasteiger charge is -2.45. The number of rotatable bonds is 2. The van der Waals surface area contributed by atoms with E-state index in [1.165, 1.54) is 0 Å². The number of aromatic nitrogens is 4. The first-order valence-electron chi connectivity index (χ1n) is 13.1.